The Balaban J connectivity index is 2.31. The lowest BCUT2D eigenvalue weighted by Gasteiger charge is -2.10. The van der Waals surface area contributed by atoms with Crippen LogP contribution in [0.15, 0.2) is 40.9 Å². The molecule has 0 saturated heterocycles. The molecule has 0 radical (unpaired) electrons. The van der Waals surface area contributed by atoms with Crippen LogP contribution in [-0.2, 0) is 0 Å². The summed E-state index contributed by atoms with van der Waals surface area (Å²) in [6, 6.07) is 7.74. The number of hydrogen-bond donors (Lipinski definition) is 2. The maximum Gasteiger partial charge on any atom is 0.259 e. The van der Waals surface area contributed by atoms with E-state index in [1.165, 1.54) is 18.2 Å². The third kappa shape index (κ3) is 2.90. The number of rotatable bonds is 2. The molecule has 0 atom stereocenters. The average molecular weight is 327 g/mol. The third-order valence-corrected chi connectivity index (χ3v) is 3.11. The van der Waals surface area contributed by atoms with Crippen LogP contribution >= 0.6 is 15.9 Å². The van der Waals surface area contributed by atoms with Gasteiger partial charge >= 0.3 is 0 Å². The molecule has 6 heteroatoms. The van der Waals surface area contributed by atoms with Gasteiger partial charge in [0, 0.05) is 4.47 Å². The predicted octanol–water partition coefficient (Wildman–Crippen LogP) is 3.56. The van der Waals surface area contributed by atoms with Crippen molar-refractivity contribution in [2.24, 2.45) is 0 Å². The van der Waals surface area contributed by atoms with E-state index in [0.29, 0.717) is 4.47 Å². The van der Waals surface area contributed by atoms with Gasteiger partial charge < -0.3 is 11.1 Å². The molecule has 0 aliphatic carbocycles. The highest BCUT2D eigenvalue weighted by Gasteiger charge is 2.16. The van der Waals surface area contributed by atoms with Crippen LogP contribution < -0.4 is 11.1 Å². The standard InChI is InChI=1S/C13H9BrF2N2O/c14-8-2-1-3-9(16)12(8)13(19)18-11-5-4-7(15)6-10(11)17/h1-6H,17H2,(H,18,19). The number of halogens is 3. The number of carbonyl (C=O) groups is 1. The van der Waals surface area contributed by atoms with Crippen molar-refractivity contribution in [3.05, 3.63) is 58.1 Å². The van der Waals surface area contributed by atoms with Crippen molar-refractivity contribution in [3.8, 4) is 0 Å². The average Bonchev–Trinajstić information content (AvgIpc) is 2.32. The van der Waals surface area contributed by atoms with Gasteiger partial charge in [0.2, 0.25) is 0 Å². The predicted molar refractivity (Wildman–Crippen MR) is 72.9 cm³/mol. The van der Waals surface area contributed by atoms with E-state index in [-0.39, 0.29) is 16.9 Å². The van der Waals surface area contributed by atoms with Crippen molar-refractivity contribution in [2.45, 2.75) is 0 Å². The van der Waals surface area contributed by atoms with Crippen LogP contribution in [0, 0.1) is 11.6 Å². The van der Waals surface area contributed by atoms with Crippen molar-refractivity contribution >= 4 is 33.2 Å². The Morgan fingerprint density at radius 2 is 1.95 bits per heavy atom. The number of amides is 1. The van der Waals surface area contributed by atoms with Crippen molar-refractivity contribution in [1.82, 2.24) is 0 Å². The Kier molecular flexibility index (Phi) is 3.80. The first kappa shape index (κ1) is 13.5. The van der Waals surface area contributed by atoms with E-state index in [1.54, 1.807) is 6.07 Å². The maximum absolute atomic E-state index is 13.6. The Morgan fingerprint density at radius 1 is 1.21 bits per heavy atom. The molecular formula is C13H9BrF2N2O. The second-order valence-corrected chi connectivity index (χ2v) is 4.64. The van der Waals surface area contributed by atoms with Crippen molar-refractivity contribution in [2.75, 3.05) is 11.1 Å². The Morgan fingerprint density at radius 3 is 2.58 bits per heavy atom. The molecule has 19 heavy (non-hydrogen) atoms. The van der Waals surface area contributed by atoms with E-state index in [4.69, 9.17) is 5.73 Å². The summed E-state index contributed by atoms with van der Waals surface area (Å²) in [5.41, 5.74) is 5.72. The van der Waals surface area contributed by atoms with E-state index in [0.717, 1.165) is 12.1 Å². The zero-order chi connectivity index (χ0) is 14.0. The van der Waals surface area contributed by atoms with Crippen LogP contribution in [0.1, 0.15) is 10.4 Å². The van der Waals surface area contributed by atoms with Crippen molar-refractivity contribution in [1.29, 1.82) is 0 Å². The molecule has 0 aromatic heterocycles. The third-order valence-electron chi connectivity index (χ3n) is 2.45. The number of carbonyl (C=O) groups excluding carboxylic acids is 1. The number of nitrogens with one attached hydrogen (secondary N) is 1. The van der Waals surface area contributed by atoms with Gasteiger partial charge in [-0.3, -0.25) is 4.79 Å². The highest BCUT2D eigenvalue weighted by Crippen LogP contribution is 2.24. The van der Waals surface area contributed by atoms with E-state index in [9.17, 15) is 13.6 Å². The SMILES string of the molecule is Nc1cc(F)ccc1NC(=O)c1c(F)cccc1Br. The molecule has 98 valence electrons. The lowest BCUT2D eigenvalue weighted by Crippen LogP contribution is -2.15. The molecule has 0 aliphatic heterocycles. The molecule has 0 saturated carbocycles. The van der Waals surface area contributed by atoms with Gasteiger partial charge in [-0.05, 0) is 46.3 Å². The number of nitrogens with two attached hydrogens (primary N) is 1. The normalized spacial score (nSPS) is 10.3. The fourth-order valence-electron chi connectivity index (χ4n) is 1.55. The van der Waals surface area contributed by atoms with Gasteiger partial charge in [0.25, 0.3) is 5.91 Å². The van der Waals surface area contributed by atoms with Crippen LogP contribution in [-0.4, -0.2) is 5.91 Å². The van der Waals surface area contributed by atoms with Crippen molar-refractivity contribution in [3.63, 3.8) is 0 Å². The van der Waals surface area contributed by atoms with Gasteiger partial charge in [-0.15, -0.1) is 0 Å². The van der Waals surface area contributed by atoms with Gasteiger partial charge in [0.05, 0.1) is 16.9 Å². The van der Waals surface area contributed by atoms with Crippen LogP contribution in [0.4, 0.5) is 20.2 Å². The first-order chi connectivity index (χ1) is 8.99. The fraction of sp³-hybridized carbons (Fsp3) is 0. The Labute approximate surface area is 116 Å². The Hall–Kier alpha value is -1.95. The molecule has 3 nitrogen and oxygen atoms in total. The summed E-state index contributed by atoms with van der Waals surface area (Å²) in [5.74, 6) is -1.83. The smallest absolute Gasteiger partial charge is 0.259 e. The summed E-state index contributed by atoms with van der Waals surface area (Å²) in [6.45, 7) is 0. The minimum atomic E-state index is -0.664. The van der Waals surface area contributed by atoms with Crippen LogP contribution in [0.3, 0.4) is 0 Å². The van der Waals surface area contributed by atoms with Gasteiger partial charge in [-0.25, -0.2) is 8.78 Å². The molecule has 2 aromatic carbocycles. The fourth-order valence-corrected chi connectivity index (χ4v) is 2.07. The van der Waals surface area contributed by atoms with Crippen LogP contribution in [0.2, 0.25) is 0 Å². The monoisotopic (exact) mass is 326 g/mol. The number of anilines is 2. The summed E-state index contributed by atoms with van der Waals surface area (Å²) in [4.78, 5) is 12.0. The summed E-state index contributed by atoms with van der Waals surface area (Å²) in [5, 5.41) is 2.43. The van der Waals surface area contributed by atoms with Gasteiger partial charge in [0.15, 0.2) is 0 Å². The molecule has 1 amide bonds. The number of benzene rings is 2. The minimum Gasteiger partial charge on any atom is -0.397 e. The second kappa shape index (κ2) is 5.36. The quantitative estimate of drug-likeness (QED) is 0.829. The Bertz CT molecular complexity index is 626. The summed E-state index contributed by atoms with van der Waals surface area (Å²) in [6.07, 6.45) is 0. The topological polar surface area (TPSA) is 55.1 Å². The van der Waals surface area contributed by atoms with Crippen molar-refractivity contribution < 1.29 is 13.6 Å². The molecule has 0 bridgehead atoms. The molecule has 2 aromatic rings. The second-order valence-electron chi connectivity index (χ2n) is 3.78. The number of nitrogen functional groups attached to an aromatic ring is 1. The van der Waals surface area contributed by atoms with E-state index >= 15 is 0 Å². The zero-order valence-electron chi connectivity index (χ0n) is 9.58. The van der Waals surface area contributed by atoms with Gasteiger partial charge in [-0.2, -0.15) is 0 Å². The molecule has 0 aliphatic rings. The van der Waals surface area contributed by atoms with E-state index < -0.39 is 17.5 Å². The highest BCUT2D eigenvalue weighted by molar-refractivity contribution is 9.10. The highest BCUT2D eigenvalue weighted by atomic mass is 79.9. The summed E-state index contributed by atoms with van der Waals surface area (Å²) in [7, 11) is 0. The molecule has 0 heterocycles. The van der Waals surface area contributed by atoms with Gasteiger partial charge in [0.1, 0.15) is 11.6 Å². The summed E-state index contributed by atoms with van der Waals surface area (Å²) >= 11 is 3.10. The zero-order valence-corrected chi connectivity index (χ0v) is 11.2. The van der Waals surface area contributed by atoms with E-state index in [2.05, 4.69) is 21.2 Å². The van der Waals surface area contributed by atoms with Gasteiger partial charge in [-0.1, -0.05) is 6.07 Å². The first-order valence-electron chi connectivity index (χ1n) is 5.29. The lowest BCUT2D eigenvalue weighted by atomic mass is 10.2. The lowest BCUT2D eigenvalue weighted by molar-refractivity contribution is 0.102. The summed E-state index contributed by atoms with van der Waals surface area (Å²) < 4.78 is 26.8. The largest absolute Gasteiger partial charge is 0.397 e. The van der Waals surface area contributed by atoms with E-state index in [1.807, 2.05) is 0 Å². The van der Waals surface area contributed by atoms with Crippen LogP contribution in [0.5, 0.6) is 0 Å². The van der Waals surface area contributed by atoms with Crippen LogP contribution in [0.25, 0.3) is 0 Å². The number of hydrogen-bond acceptors (Lipinski definition) is 2. The maximum atomic E-state index is 13.6. The molecule has 0 spiro atoms. The molecule has 3 N–H and O–H groups in total. The molecule has 0 unspecified atom stereocenters. The molecule has 2 rings (SSSR count). The minimum absolute atomic E-state index is 0.0702. The first-order valence-corrected chi connectivity index (χ1v) is 6.08. The molecular weight excluding hydrogens is 318 g/mol. The molecule has 0 fully saturated rings.